The molecule has 1 atom stereocenters. The normalized spacial score (nSPS) is 12.4. The molecule has 0 radical (unpaired) electrons. The first-order valence-corrected chi connectivity index (χ1v) is 6.25. The molecule has 0 aliphatic carbocycles. The molecule has 0 spiro atoms. The minimum atomic E-state index is -0.284. The highest BCUT2D eigenvalue weighted by atomic mass is 79.9. The molecule has 18 heavy (non-hydrogen) atoms. The van der Waals surface area contributed by atoms with Crippen molar-refractivity contribution >= 4 is 21.7 Å². The fourth-order valence-electron chi connectivity index (χ4n) is 1.87. The van der Waals surface area contributed by atoms with Gasteiger partial charge in [-0.2, -0.15) is 0 Å². The maximum Gasteiger partial charge on any atom is 0.137 e. The van der Waals surface area contributed by atoms with Crippen LogP contribution in [0.3, 0.4) is 0 Å². The van der Waals surface area contributed by atoms with Crippen molar-refractivity contribution < 1.29 is 4.39 Å². The zero-order valence-electron chi connectivity index (χ0n) is 9.82. The molecule has 0 amide bonds. The first-order valence-electron chi connectivity index (χ1n) is 5.46. The second-order valence-corrected chi connectivity index (χ2v) is 4.73. The number of aromatic nitrogens is 1. The highest BCUT2D eigenvalue weighted by molar-refractivity contribution is 9.10. The van der Waals surface area contributed by atoms with Crippen LogP contribution in [0.15, 0.2) is 41.0 Å². The van der Waals surface area contributed by atoms with Crippen molar-refractivity contribution in [1.29, 1.82) is 0 Å². The molecular weight excluding hydrogens is 297 g/mol. The molecule has 2 rings (SSSR count). The number of rotatable bonds is 3. The van der Waals surface area contributed by atoms with E-state index in [0.29, 0.717) is 10.3 Å². The summed E-state index contributed by atoms with van der Waals surface area (Å²) >= 11 is 3.18. The average Bonchev–Trinajstić information content (AvgIpc) is 2.37. The lowest BCUT2D eigenvalue weighted by atomic mass is 9.99. The van der Waals surface area contributed by atoms with Crippen LogP contribution in [0.4, 0.5) is 10.2 Å². The highest BCUT2D eigenvalue weighted by Gasteiger charge is 2.16. The van der Waals surface area contributed by atoms with Crippen molar-refractivity contribution in [1.82, 2.24) is 10.3 Å². The Morgan fingerprint density at radius 2 is 2.17 bits per heavy atom. The molecule has 1 aromatic carbocycles. The summed E-state index contributed by atoms with van der Waals surface area (Å²) in [5, 5.41) is 3.16. The fourth-order valence-corrected chi connectivity index (χ4v) is 2.26. The Kier molecular flexibility index (Phi) is 3.93. The first-order chi connectivity index (χ1) is 8.63. The van der Waals surface area contributed by atoms with E-state index in [0.717, 1.165) is 11.1 Å². The van der Waals surface area contributed by atoms with Crippen molar-refractivity contribution in [3.63, 3.8) is 0 Å². The molecule has 3 nitrogen and oxygen atoms in total. The van der Waals surface area contributed by atoms with Crippen molar-refractivity contribution in [2.75, 3.05) is 12.8 Å². The number of nitrogens with two attached hydrogens (primary N) is 1. The van der Waals surface area contributed by atoms with Crippen LogP contribution in [0, 0.1) is 5.82 Å². The lowest BCUT2D eigenvalue weighted by molar-refractivity contribution is 0.616. The van der Waals surface area contributed by atoms with Gasteiger partial charge in [-0.3, -0.25) is 0 Å². The number of nitrogen functional groups attached to an aromatic ring is 1. The summed E-state index contributed by atoms with van der Waals surface area (Å²) in [6.07, 6.45) is 1.64. The van der Waals surface area contributed by atoms with Gasteiger partial charge in [0.1, 0.15) is 11.6 Å². The molecule has 1 heterocycles. The van der Waals surface area contributed by atoms with E-state index in [4.69, 9.17) is 5.73 Å². The Bertz CT molecular complexity index is 560. The number of benzene rings is 1. The van der Waals surface area contributed by atoms with E-state index in [1.54, 1.807) is 18.3 Å². The zero-order valence-corrected chi connectivity index (χ0v) is 11.4. The molecule has 0 fully saturated rings. The van der Waals surface area contributed by atoms with Gasteiger partial charge < -0.3 is 11.1 Å². The largest absolute Gasteiger partial charge is 0.383 e. The van der Waals surface area contributed by atoms with Crippen LogP contribution in [0.2, 0.25) is 0 Å². The summed E-state index contributed by atoms with van der Waals surface area (Å²) in [6, 6.07) is 8.51. The van der Waals surface area contributed by atoms with Gasteiger partial charge in [-0.1, -0.05) is 12.1 Å². The van der Waals surface area contributed by atoms with Gasteiger partial charge in [0.15, 0.2) is 0 Å². The topological polar surface area (TPSA) is 50.9 Å². The Balaban J connectivity index is 2.45. The molecule has 0 aliphatic rings. The lowest BCUT2D eigenvalue weighted by Gasteiger charge is -2.18. The molecule has 5 heteroatoms. The van der Waals surface area contributed by atoms with Gasteiger partial charge in [-0.25, -0.2) is 9.37 Å². The third-order valence-corrected chi connectivity index (χ3v) is 3.36. The highest BCUT2D eigenvalue weighted by Crippen LogP contribution is 2.28. The number of nitrogens with one attached hydrogen (secondary N) is 1. The van der Waals surface area contributed by atoms with Crippen LogP contribution in [-0.4, -0.2) is 12.0 Å². The lowest BCUT2D eigenvalue weighted by Crippen LogP contribution is -2.19. The van der Waals surface area contributed by atoms with E-state index < -0.39 is 0 Å². The Morgan fingerprint density at radius 3 is 2.78 bits per heavy atom. The van der Waals surface area contributed by atoms with Crippen molar-refractivity contribution in [3.8, 4) is 0 Å². The number of halogens is 2. The summed E-state index contributed by atoms with van der Waals surface area (Å²) < 4.78 is 13.7. The smallest absolute Gasteiger partial charge is 0.137 e. The summed E-state index contributed by atoms with van der Waals surface area (Å²) in [4.78, 5) is 4.07. The quantitative estimate of drug-likeness (QED) is 0.916. The molecule has 0 aliphatic heterocycles. The van der Waals surface area contributed by atoms with Gasteiger partial charge in [-0.05, 0) is 46.7 Å². The van der Waals surface area contributed by atoms with Crippen LogP contribution in [0.25, 0.3) is 0 Å². The summed E-state index contributed by atoms with van der Waals surface area (Å²) in [5.41, 5.74) is 7.66. The average molecular weight is 310 g/mol. The molecule has 1 unspecified atom stereocenters. The second kappa shape index (κ2) is 5.46. The van der Waals surface area contributed by atoms with Gasteiger partial charge in [0, 0.05) is 11.8 Å². The minimum absolute atomic E-state index is 0.115. The predicted octanol–water partition coefficient (Wildman–Crippen LogP) is 2.87. The van der Waals surface area contributed by atoms with Gasteiger partial charge >= 0.3 is 0 Å². The molecular formula is C13H13BrFN3. The summed E-state index contributed by atoms with van der Waals surface area (Å²) in [7, 11) is 1.83. The van der Waals surface area contributed by atoms with E-state index in [2.05, 4.69) is 26.2 Å². The standard InChI is InChI=1S/C13H13BrFN3/c1-17-12(9-3-2-6-18-13(9)16)8-4-5-11(15)10(14)7-8/h2-7,12,17H,1H3,(H2,16,18). The van der Waals surface area contributed by atoms with Gasteiger partial charge in [0.05, 0.1) is 10.5 Å². The van der Waals surface area contributed by atoms with Crippen LogP contribution in [-0.2, 0) is 0 Å². The van der Waals surface area contributed by atoms with Crippen LogP contribution in [0.5, 0.6) is 0 Å². The number of hydrogen-bond donors (Lipinski definition) is 2. The summed E-state index contributed by atoms with van der Waals surface area (Å²) in [6.45, 7) is 0. The first kappa shape index (κ1) is 13.0. The molecule has 94 valence electrons. The monoisotopic (exact) mass is 309 g/mol. The Morgan fingerprint density at radius 1 is 1.39 bits per heavy atom. The second-order valence-electron chi connectivity index (χ2n) is 3.87. The minimum Gasteiger partial charge on any atom is -0.383 e. The zero-order chi connectivity index (χ0) is 13.1. The van der Waals surface area contributed by atoms with E-state index >= 15 is 0 Å². The van der Waals surface area contributed by atoms with Crippen molar-refractivity contribution in [2.45, 2.75) is 6.04 Å². The number of hydrogen-bond acceptors (Lipinski definition) is 3. The molecule has 0 bridgehead atoms. The maximum atomic E-state index is 13.2. The SMILES string of the molecule is CNC(c1ccc(F)c(Br)c1)c1cccnc1N. The van der Waals surface area contributed by atoms with Gasteiger partial charge in [0.25, 0.3) is 0 Å². The van der Waals surface area contributed by atoms with E-state index in [9.17, 15) is 4.39 Å². The Labute approximate surface area is 113 Å². The predicted molar refractivity (Wildman–Crippen MR) is 73.7 cm³/mol. The van der Waals surface area contributed by atoms with Crippen LogP contribution >= 0.6 is 15.9 Å². The molecule has 1 aromatic heterocycles. The van der Waals surface area contributed by atoms with Crippen LogP contribution < -0.4 is 11.1 Å². The molecule has 0 saturated heterocycles. The van der Waals surface area contributed by atoms with Crippen LogP contribution in [0.1, 0.15) is 17.2 Å². The fraction of sp³-hybridized carbons (Fsp3) is 0.154. The number of anilines is 1. The third-order valence-electron chi connectivity index (χ3n) is 2.75. The van der Waals surface area contributed by atoms with Gasteiger partial charge in [-0.15, -0.1) is 0 Å². The Hall–Kier alpha value is -1.46. The van der Waals surface area contributed by atoms with E-state index in [1.807, 2.05) is 19.2 Å². The third kappa shape index (κ3) is 2.52. The molecule has 0 saturated carbocycles. The summed E-state index contributed by atoms with van der Waals surface area (Å²) in [5.74, 6) is 0.185. The van der Waals surface area contributed by atoms with Crippen molar-refractivity contribution in [2.24, 2.45) is 0 Å². The van der Waals surface area contributed by atoms with Gasteiger partial charge in [0.2, 0.25) is 0 Å². The molecule has 2 aromatic rings. The number of nitrogens with zero attached hydrogens (tertiary/aromatic N) is 1. The van der Waals surface area contributed by atoms with E-state index in [-0.39, 0.29) is 11.9 Å². The number of pyridine rings is 1. The van der Waals surface area contributed by atoms with Crippen molar-refractivity contribution in [3.05, 3.63) is 57.9 Å². The maximum absolute atomic E-state index is 13.2. The van der Waals surface area contributed by atoms with E-state index in [1.165, 1.54) is 6.07 Å². The molecule has 3 N–H and O–H groups in total.